The Morgan fingerprint density at radius 2 is 2.00 bits per heavy atom. The second-order valence-corrected chi connectivity index (χ2v) is 4.11. The summed E-state index contributed by atoms with van der Waals surface area (Å²) in [6.45, 7) is 4.40. The van der Waals surface area contributed by atoms with Crippen LogP contribution >= 0.6 is 0 Å². The van der Waals surface area contributed by atoms with Gasteiger partial charge in [-0.2, -0.15) is 5.10 Å². The van der Waals surface area contributed by atoms with E-state index in [1.807, 2.05) is 19.9 Å². The van der Waals surface area contributed by atoms with Crippen molar-refractivity contribution in [2.45, 2.75) is 20.3 Å². The number of aromatic nitrogens is 3. The molecule has 0 saturated carbocycles. The molecule has 0 aliphatic heterocycles. The van der Waals surface area contributed by atoms with Gasteiger partial charge >= 0.3 is 0 Å². The molecule has 0 atom stereocenters. The van der Waals surface area contributed by atoms with Crippen LogP contribution in [0, 0.1) is 19.7 Å². The highest BCUT2D eigenvalue weighted by Gasteiger charge is 2.01. The van der Waals surface area contributed by atoms with Crippen LogP contribution in [0.25, 0.3) is 0 Å². The summed E-state index contributed by atoms with van der Waals surface area (Å²) >= 11 is 0. The van der Waals surface area contributed by atoms with E-state index in [0.717, 1.165) is 17.0 Å². The van der Waals surface area contributed by atoms with Gasteiger partial charge in [-0.25, -0.2) is 9.37 Å². The minimum Gasteiger partial charge on any atom is -0.353 e. The first kappa shape index (κ1) is 12.4. The molecule has 2 rings (SSSR count). The summed E-state index contributed by atoms with van der Waals surface area (Å²) < 4.78 is 13.0. The monoisotopic (exact) mass is 246 g/mol. The van der Waals surface area contributed by atoms with Gasteiger partial charge in [-0.3, -0.25) is 0 Å². The summed E-state index contributed by atoms with van der Waals surface area (Å²) in [5, 5.41) is 11.0. The highest BCUT2D eigenvalue weighted by Crippen LogP contribution is 2.05. The number of rotatable bonds is 4. The minimum absolute atomic E-state index is 0.211. The Balaban J connectivity index is 1.90. The van der Waals surface area contributed by atoms with Gasteiger partial charge in [-0.05, 0) is 38.0 Å². The predicted molar refractivity (Wildman–Crippen MR) is 67.9 cm³/mol. The summed E-state index contributed by atoms with van der Waals surface area (Å²) in [5.74, 6) is 0.297. The third-order valence-electron chi connectivity index (χ3n) is 2.68. The Labute approximate surface area is 105 Å². The molecule has 1 heterocycles. The average molecular weight is 246 g/mol. The molecule has 0 fully saturated rings. The second-order valence-electron chi connectivity index (χ2n) is 4.11. The lowest BCUT2D eigenvalue weighted by Crippen LogP contribution is -2.10. The van der Waals surface area contributed by atoms with Gasteiger partial charge in [0, 0.05) is 6.54 Å². The van der Waals surface area contributed by atoms with Crippen molar-refractivity contribution in [2.24, 2.45) is 0 Å². The summed E-state index contributed by atoms with van der Waals surface area (Å²) in [4.78, 5) is 4.26. The molecule has 1 aromatic carbocycles. The molecule has 4 nitrogen and oxygen atoms in total. The fraction of sp³-hybridized carbons (Fsp3) is 0.308. The zero-order valence-corrected chi connectivity index (χ0v) is 10.4. The molecule has 0 radical (unpaired) electrons. The molecule has 0 unspecified atom stereocenters. The molecule has 0 spiro atoms. The van der Waals surface area contributed by atoms with Crippen molar-refractivity contribution in [1.82, 2.24) is 15.2 Å². The Bertz CT molecular complexity index is 542. The maximum Gasteiger partial charge on any atom is 0.242 e. The van der Waals surface area contributed by atoms with Crippen molar-refractivity contribution >= 4 is 5.95 Å². The standard InChI is InChI=1S/C13H15FN4/c1-9-10(2)17-18-13(16-9)15-7-6-11-4-3-5-12(14)8-11/h3-5,8H,6-7H2,1-2H3,(H,15,16,18). The van der Waals surface area contributed by atoms with E-state index in [4.69, 9.17) is 0 Å². The summed E-state index contributed by atoms with van der Waals surface area (Å²) in [6.07, 6.45) is 0.716. The van der Waals surface area contributed by atoms with Crippen LogP contribution in [-0.4, -0.2) is 21.7 Å². The van der Waals surface area contributed by atoms with Crippen molar-refractivity contribution < 1.29 is 4.39 Å². The molecular formula is C13H15FN4. The molecule has 0 aliphatic carbocycles. The fourth-order valence-corrected chi connectivity index (χ4v) is 1.54. The van der Waals surface area contributed by atoms with E-state index >= 15 is 0 Å². The molecule has 1 aromatic heterocycles. The number of aryl methyl sites for hydroxylation is 2. The Morgan fingerprint density at radius 3 is 2.72 bits per heavy atom. The number of hydrogen-bond acceptors (Lipinski definition) is 4. The van der Waals surface area contributed by atoms with E-state index in [1.165, 1.54) is 12.1 Å². The predicted octanol–water partition coefficient (Wildman–Crippen LogP) is 2.28. The highest BCUT2D eigenvalue weighted by molar-refractivity contribution is 5.25. The third-order valence-corrected chi connectivity index (χ3v) is 2.68. The van der Waals surface area contributed by atoms with Crippen LogP contribution in [0.1, 0.15) is 17.0 Å². The third kappa shape index (κ3) is 3.23. The van der Waals surface area contributed by atoms with E-state index in [2.05, 4.69) is 20.5 Å². The van der Waals surface area contributed by atoms with Gasteiger partial charge < -0.3 is 5.32 Å². The van der Waals surface area contributed by atoms with Crippen molar-refractivity contribution in [3.05, 3.63) is 47.0 Å². The SMILES string of the molecule is Cc1nnc(NCCc2cccc(F)c2)nc1C. The van der Waals surface area contributed by atoms with Gasteiger partial charge in [0.25, 0.3) is 0 Å². The molecule has 0 bridgehead atoms. The zero-order valence-electron chi connectivity index (χ0n) is 10.4. The van der Waals surface area contributed by atoms with Gasteiger partial charge in [-0.1, -0.05) is 12.1 Å². The van der Waals surface area contributed by atoms with Crippen LogP contribution in [0.4, 0.5) is 10.3 Å². The molecule has 18 heavy (non-hydrogen) atoms. The molecular weight excluding hydrogens is 231 g/mol. The first-order valence-electron chi connectivity index (χ1n) is 5.81. The number of benzene rings is 1. The molecule has 5 heteroatoms. The van der Waals surface area contributed by atoms with E-state index in [-0.39, 0.29) is 5.82 Å². The quantitative estimate of drug-likeness (QED) is 0.899. The van der Waals surface area contributed by atoms with E-state index in [9.17, 15) is 4.39 Å². The van der Waals surface area contributed by atoms with Gasteiger partial charge in [-0.15, -0.1) is 5.10 Å². The lowest BCUT2D eigenvalue weighted by molar-refractivity contribution is 0.625. The average Bonchev–Trinajstić information content (AvgIpc) is 2.34. The van der Waals surface area contributed by atoms with Gasteiger partial charge in [0.2, 0.25) is 5.95 Å². The second kappa shape index (κ2) is 5.53. The largest absolute Gasteiger partial charge is 0.353 e. The normalized spacial score (nSPS) is 10.4. The lowest BCUT2D eigenvalue weighted by atomic mass is 10.1. The van der Waals surface area contributed by atoms with Gasteiger partial charge in [0.15, 0.2) is 0 Å². The van der Waals surface area contributed by atoms with Gasteiger partial charge in [0.05, 0.1) is 11.4 Å². The number of anilines is 1. The Kier molecular flexibility index (Phi) is 3.82. The minimum atomic E-state index is -0.211. The van der Waals surface area contributed by atoms with E-state index in [0.29, 0.717) is 18.9 Å². The summed E-state index contributed by atoms with van der Waals surface area (Å²) in [5.41, 5.74) is 2.63. The molecule has 0 aliphatic rings. The smallest absolute Gasteiger partial charge is 0.242 e. The molecule has 1 N–H and O–H groups in total. The van der Waals surface area contributed by atoms with Crippen LogP contribution < -0.4 is 5.32 Å². The maximum atomic E-state index is 13.0. The van der Waals surface area contributed by atoms with Crippen LogP contribution in [0.3, 0.4) is 0 Å². The number of nitrogens with zero attached hydrogens (tertiary/aromatic N) is 3. The van der Waals surface area contributed by atoms with Crippen molar-refractivity contribution in [3.63, 3.8) is 0 Å². The van der Waals surface area contributed by atoms with Crippen LogP contribution in [0.15, 0.2) is 24.3 Å². The number of nitrogens with one attached hydrogen (secondary N) is 1. The lowest BCUT2D eigenvalue weighted by Gasteiger charge is -2.05. The van der Waals surface area contributed by atoms with E-state index in [1.54, 1.807) is 6.07 Å². The van der Waals surface area contributed by atoms with Crippen LogP contribution in [0.2, 0.25) is 0 Å². The fourth-order valence-electron chi connectivity index (χ4n) is 1.54. The van der Waals surface area contributed by atoms with Crippen molar-refractivity contribution in [3.8, 4) is 0 Å². The molecule has 94 valence electrons. The van der Waals surface area contributed by atoms with Crippen molar-refractivity contribution in [2.75, 3.05) is 11.9 Å². The first-order chi connectivity index (χ1) is 8.65. The van der Waals surface area contributed by atoms with Crippen molar-refractivity contribution in [1.29, 1.82) is 0 Å². The van der Waals surface area contributed by atoms with Gasteiger partial charge in [0.1, 0.15) is 5.82 Å². The zero-order chi connectivity index (χ0) is 13.0. The summed E-state index contributed by atoms with van der Waals surface area (Å²) in [7, 11) is 0. The first-order valence-corrected chi connectivity index (χ1v) is 5.81. The van der Waals surface area contributed by atoms with Crippen LogP contribution in [0.5, 0.6) is 0 Å². The maximum absolute atomic E-state index is 13.0. The summed E-state index contributed by atoms with van der Waals surface area (Å²) in [6, 6.07) is 6.57. The van der Waals surface area contributed by atoms with Crippen LogP contribution in [-0.2, 0) is 6.42 Å². The van der Waals surface area contributed by atoms with E-state index < -0.39 is 0 Å². The number of halogens is 1. The molecule has 2 aromatic rings. The number of hydrogen-bond donors (Lipinski definition) is 1. The molecule has 0 amide bonds. The molecule has 0 saturated heterocycles. The topological polar surface area (TPSA) is 50.7 Å². The Hall–Kier alpha value is -2.04. The highest BCUT2D eigenvalue weighted by atomic mass is 19.1. The Morgan fingerprint density at radius 1 is 1.17 bits per heavy atom.